The van der Waals surface area contributed by atoms with E-state index in [9.17, 15) is 0 Å². The highest BCUT2D eigenvalue weighted by Crippen LogP contribution is 2.38. The zero-order chi connectivity index (χ0) is 20.5. The highest BCUT2D eigenvalue weighted by molar-refractivity contribution is 5.56. The maximum absolute atomic E-state index is 6.22. The third-order valence-electron chi connectivity index (χ3n) is 6.68. The van der Waals surface area contributed by atoms with Gasteiger partial charge in [-0.3, -0.25) is 10.4 Å². The molecule has 3 saturated heterocycles. The van der Waals surface area contributed by atoms with Crippen molar-refractivity contribution in [2.45, 2.75) is 43.4 Å². The second-order valence-corrected chi connectivity index (χ2v) is 8.62. The van der Waals surface area contributed by atoms with Crippen molar-refractivity contribution in [3.8, 4) is 12.3 Å². The van der Waals surface area contributed by atoms with Crippen molar-refractivity contribution in [2.24, 2.45) is 11.7 Å². The van der Waals surface area contributed by atoms with E-state index in [1.54, 1.807) is 0 Å². The molecular weight excluding hydrogens is 374 g/mol. The summed E-state index contributed by atoms with van der Waals surface area (Å²) in [6.07, 6.45) is 12.7. The molecule has 156 valence electrons. The second kappa shape index (κ2) is 8.32. The van der Waals surface area contributed by atoms with Gasteiger partial charge in [-0.2, -0.15) is 0 Å². The molecule has 0 saturated carbocycles. The number of anilines is 1. The number of hydrogen-bond donors (Lipinski definition) is 4. The Balaban J connectivity index is 1.41. The smallest absolute Gasteiger partial charge is 0.144 e. The van der Waals surface area contributed by atoms with Crippen LogP contribution >= 0.6 is 0 Å². The number of nitrogens with zero attached hydrogens (tertiary/aromatic N) is 3. The molecule has 5 rings (SSSR count). The Morgan fingerprint density at radius 3 is 2.97 bits per heavy atom. The first-order valence-corrected chi connectivity index (χ1v) is 10.9. The van der Waals surface area contributed by atoms with E-state index in [1.807, 2.05) is 24.5 Å². The molecule has 0 spiro atoms. The van der Waals surface area contributed by atoms with E-state index < -0.39 is 0 Å². The number of fused-ring (bicyclic) bond motifs is 1. The van der Waals surface area contributed by atoms with Crippen LogP contribution in [0.5, 0.6) is 0 Å². The minimum Gasteiger partial charge on any atom is -0.354 e. The minimum absolute atomic E-state index is 0.139. The zero-order valence-corrected chi connectivity index (χ0v) is 17.1. The van der Waals surface area contributed by atoms with E-state index in [2.05, 4.69) is 44.1 Å². The molecule has 0 amide bonds. The number of aromatic nitrogens is 2. The standard InChI is InChI=1S/C23H29N7/c1-2-15-7-8-19(27-23(15)30-10-4-6-17(24)14-30)22-18-11-20(16-5-3-9-25-12-16)26-13-21(18)28-29-22/h1,3,5,7-9,12,17-18,20-22,26,28-29H,4,6,10-11,13-14,24H2/t17-,18?,20?,21?,22?/m0/s1. The van der Waals surface area contributed by atoms with Gasteiger partial charge >= 0.3 is 0 Å². The van der Waals surface area contributed by atoms with Crippen molar-refractivity contribution in [3.63, 3.8) is 0 Å². The molecule has 7 nitrogen and oxygen atoms in total. The first-order valence-electron chi connectivity index (χ1n) is 10.9. The highest BCUT2D eigenvalue weighted by Gasteiger charge is 2.42. The van der Waals surface area contributed by atoms with E-state index in [1.165, 1.54) is 5.56 Å². The third-order valence-corrected chi connectivity index (χ3v) is 6.68. The lowest BCUT2D eigenvalue weighted by atomic mass is 9.81. The molecule has 0 radical (unpaired) electrons. The summed E-state index contributed by atoms with van der Waals surface area (Å²) in [7, 11) is 0. The number of rotatable bonds is 3. The molecule has 5 atom stereocenters. The number of nitrogens with one attached hydrogen (secondary N) is 3. The molecule has 0 aliphatic carbocycles. The fraction of sp³-hybridized carbons (Fsp3) is 0.478. The molecule has 3 fully saturated rings. The van der Waals surface area contributed by atoms with Gasteiger partial charge in [0.25, 0.3) is 0 Å². The lowest BCUT2D eigenvalue weighted by molar-refractivity contribution is 0.265. The van der Waals surface area contributed by atoms with E-state index >= 15 is 0 Å². The molecule has 5 N–H and O–H groups in total. The quantitative estimate of drug-likeness (QED) is 0.574. The minimum atomic E-state index is 0.139. The summed E-state index contributed by atoms with van der Waals surface area (Å²) >= 11 is 0. The normalized spacial score (nSPS) is 31.2. The summed E-state index contributed by atoms with van der Waals surface area (Å²) in [6.45, 7) is 2.67. The Morgan fingerprint density at radius 2 is 2.17 bits per heavy atom. The van der Waals surface area contributed by atoms with Gasteiger partial charge in [-0.15, -0.1) is 6.42 Å². The summed E-state index contributed by atoms with van der Waals surface area (Å²) < 4.78 is 0. The van der Waals surface area contributed by atoms with Crippen LogP contribution in [0.3, 0.4) is 0 Å². The van der Waals surface area contributed by atoms with Crippen LogP contribution in [-0.4, -0.2) is 41.7 Å². The lowest BCUT2D eigenvalue weighted by Crippen LogP contribution is -2.46. The third kappa shape index (κ3) is 3.68. The van der Waals surface area contributed by atoms with Crippen LogP contribution in [-0.2, 0) is 0 Å². The number of nitrogens with two attached hydrogens (primary N) is 1. The summed E-state index contributed by atoms with van der Waals surface area (Å²) in [5, 5.41) is 3.65. The largest absolute Gasteiger partial charge is 0.354 e. The maximum atomic E-state index is 6.22. The summed E-state index contributed by atoms with van der Waals surface area (Å²) in [5.74, 6) is 4.14. The average molecular weight is 404 g/mol. The van der Waals surface area contributed by atoms with Crippen LogP contribution in [0.1, 0.15) is 48.2 Å². The molecular formula is C23H29N7. The van der Waals surface area contributed by atoms with Crippen molar-refractivity contribution in [3.05, 3.63) is 53.5 Å². The molecule has 4 unspecified atom stereocenters. The van der Waals surface area contributed by atoms with Crippen LogP contribution in [0.2, 0.25) is 0 Å². The fourth-order valence-electron chi connectivity index (χ4n) is 5.09. The van der Waals surface area contributed by atoms with E-state index in [0.717, 1.165) is 56.0 Å². The van der Waals surface area contributed by atoms with Crippen molar-refractivity contribution >= 4 is 5.82 Å². The van der Waals surface area contributed by atoms with Gasteiger partial charge in [-0.05, 0) is 43.0 Å². The molecule has 0 aromatic carbocycles. The zero-order valence-electron chi connectivity index (χ0n) is 17.1. The number of terminal acetylenes is 1. The number of hydrazine groups is 1. The monoisotopic (exact) mass is 403 g/mol. The molecule has 5 heterocycles. The van der Waals surface area contributed by atoms with Crippen molar-refractivity contribution in [1.82, 2.24) is 26.1 Å². The van der Waals surface area contributed by atoms with Gasteiger partial charge < -0.3 is 16.0 Å². The van der Waals surface area contributed by atoms with Gasteiger partial charge in [0, 0.05) is 56.1 Å². The second-order valence-electron chi connectivity index (χ2n) is 8.62. The predicted molar refractivity (Wildman–Crippen MR) is 117 cm³/mol. The van der Waals surface area contributed by atoms with Crippen LogP contribution in [0.15, 0.2) is 36.7 Å². The Labute approximate surface area is 177 Å². The SMILES string of the molecule is C#Cc1ccc(C2NNC3CNC(c4cccnc4)CC32)nc1N1CCC[C@H](N)C1. The predicted octanol–water partition coefficient (Wildman–Crippen LogP) is 1.25. The number of hydrogen-bond acceptors (Lipinski definition) is 7. The summed E-state index contributed by atoms with van der Waals surface area (Å²) in [6, 6.07) is 9.24. The van der Waals surface area contributed by atoms with Crippen LogP contribution < -0.4 is 26.8 Å². The van der Waals surface area contributed by atoms with Crippen LogP contribution in [0, 0.1) is 18.3 Å². The van der Waals surface area contributed by atoms with Gasteiger partial charge in [0.2, 0.25) is 0 Å². The Hall–Kier alpha value is -2.50. The molecule has 7 heteroatoms. The Kier molecular flexibility index (Phi) is 5.40. The molecule has 3 aliphatic rings. The molecule has 2 aromatic heterocycles. The Morgan fingerprint density at radius 1 is 1.23 bits per heavy atom. The molecule has 3 aliphatic heterocycles. The average Bonchev–Trinajstić information content (AvgIpc) is 3.22. The van der Waals surface area contributed by atoms with Gasteiger partial charge in [0.15, 0.2) is 0 Å². The van der Waals surface area contributed by atoms with Gasteiger partial charge in [0.1, 0.15) is 5.82 Å². The van der Waals surface area contributed by atoms with Gasteiger partial charge in [-0.1, -0.05) is 12.0 Å². The van der Waals surface area contributed by atoms with Crippen molar-refractivity contribution < 1.29 is 0 Å². The number of piperidine rings is 2. The Bertz CT molecular complexity index is 925. The topological polar surface area (TPSA) is 91.1 Å². The van der Waals surface area contributed by atoms with E-state index in [4.69, 9.17) is 17.1 Å². The van der Waals surface area contributed by atoms with Crippen molar-refractivity contribution in [2.75, 3.05) is 24.5 Å². The highest BCUT2D eigenvalue weighted by atomic mass is 15.4. The van der Waals surface area contributed by atoms with Crippen LogP contribution in [0.4, 0.5) is 5.82 Å². The van der Waals surface area contributed by atoms with E-state index in [-0.39, 0.29) is 12.1 Å². The first kappa shape index (κ1) is 19.5. The van der Waals surface area contributed by atoms with Gasteiger partial charge in [-0.25, -0.2) is 10.4 Å². The maximum Gasteiger partial charge on any atom is 0.144 e. The fourth-order valence-corrected chi connectivity index (χ4v) is 5.09. The van der Waals surface area contributed by atoms with E-state index in [0.29, 0.717) is 18.0 Å². The van der Waals surface area contributed by atoms with Gasteiger partial charge in [0.05, 0.1) is 17.3 Å². The lowest BCUT2D eigenvalue weighted by Gasteiger charge is -2.35. The molecule has 0 bridgehead atoms. The summed E-state index contributed by atoms with van der Waals surface area (Å²) in [5.41, 5.74) is 16.3. The van der Waals surface area contributed by atoms with Crippen molar-refractivity contribution in [1.29, 1.82) is 0 Å². The first-order chi connectivity index (χ1) is 14.7. The molecule has 2 aromatic rings. The summed E-state index contributed by atoms with van der Waals surface area (Å²) in [4.78, 5) is 11.6. The molecule has 30 heavy (non-hydrogen) atoms. The van der Waals surface area contributed by atoms with Crippen LogP contribution in [0.25, 0.3) is 0 Å². The number of pyridine rings is 2.